The third-order valence-electron chi connectivity index (χ3n) is 3.12. The Morgan fingerprint density at radius 3 is 2.84 bits per heavy atom. The van der Waals surface area contributed by atoms with Crippen LogP contribution < -0.4 is 5.32 Å². The van der Waals surface area contributed by atoms with Crippen LogP contribution in [0.4, 0.5) is 0 Å². The number of ether oxygens (including phenoxy) is 2. The van der Waals surface area contributed by atoms with E-state index in [4.69, 9.17) is 9.47 Å². The average molecular weight is 262 g/mol. The number of benzene rings is 1. The van der Waals surface area contributed by atoms with Gasteiger partial charge in [-0.3, -0.25) is 0 Å². The number of rotatable bonds is 8. The van der Waals surface area contributed by atoms with Crippen molar-refractivity contribution < 1.29 is 9.47 Å². The molecule has 19 heavy (non-hydrogen) atoms. The first kappa shape index (κ1) is 14.1. The molecular weight excluding hydrogens is 240 g/mol. The van der Waals surface area contributed by atoms with Crippen molar-refractivity contribution in [3.63, 3.8) is 0 Å². The lowest BCUT2D eigenvalue weighted by Crippen LogP contribution is -2.08. The van der Waals surface area contributed by atoms with Gasteiger partial charge < -0.3 is 19.4 Å². The van der Waals surface area contributed by atoms with Gasteiger partial charge in [-0.05, 0) is 36.2 Å². The predicted octanol–water partition coefficient (Wildman–Crippen LogP) is 2.02. The van der Waals surface area contributed by atoms with Gasteiger partial charge in [-0.1, -0.05) is 6.07 Å². The Balaban J connectivity index is 1.96. The summed E-state index contributed by atoms with van der Waals surface area (Å²) in [6.07, 6.45) is 2.12. The molecule has 1 N–H and O–H groups in total. The SMILES string of the molecule is CNCc1ccc2c(ccn2CCOCCOC)c1. The maximum atomic E-state index is 5.50. The highest BCUT2D eigenvalue weighted by Crippen LogP contribution is 2.17. The zero-order chi connectivity index (χ0) is 13.5. The lowest BCUT2D eigenvalue weighted by atomic mass is 10.1. The van der Waals surface area contributed by atoms with Crippen LogP contribution >= 0.6 is 0 Å². The number of fused-ring (bicyclic) bond motifs is 1. The van der Waals surface area contributed by atoms with Crippen LogP contribution in [0, 0.1) is 0 Å². The predicted molar refractivity (Wildman–Crippen MR) is 77.4 cm³/mol. The Morgan fingerprint density at radius 1 is 1.16 bits per heavy atom. The lowest BCUT2D eigenvalue weighted by Gasteiger charge is -2.07. The largest absolute Gasteiger partial charge is 0.382 e. The number of nitrogens with one attached hydrogen (secondary N) is 1. The molecule has 0 unspecified atom stereocenters. The molecule has 0 fully saturated rings. The van der Waals surface area contributed by atoms with Crippen molar-refractivity contribution >= 4 is 10.9 Å². The fraction of sp³-hybridized carbons (Fsp3) is 0.467. The summed E-state index contributed by atoms with van der Waals surface area (Å²) in [7, 11) is 3.65. The van der Waals surface area contributed by atoms with Crippen molar-refractivity contribution in [3.05, 3.63) is 36.0 Å². The number of methoxy groups -OCH3 is 1. The van der Waals surface area contributed by atoms with E-state index in [9.17, 15) is 0 Å². The Morgan fingerprint density at radius 2 is 2.05 bits per heavy atom. The summed E-state index contributed by atoms with van der Waals surface area (Å²) in [4.78, 5) is 0. The van der Waals surface area contributed by atoms with E-state index in [0.717, 1.165) is 13.1 Å². The molecule has 0 bridgehead atoms. The van der Waals surface area contributed by atoms with Crippen LogP contribution in [0.5, 0.6) is 0 Å². The topological polar surface area (TPSA) is 35.4 Å². The van der Waals surface area contributed by atoms with Crippen LogP contribution in [0.25, 0.3) is 10.9 Å². The zero-order valence-electron chi connectivity index (χ0n) is 11.7. The standard InChI is InChI=1S/C15H22N2O2/c1-16-12-13-3-4-15-14(11-13)5-6-17(15)7-8-19-10-9-18-2/h3-6,11,16H,7-10,12H2,1-2H3. The molecule has 0 aliphatic carbocycles. The summed E-state index contributed by atoms with van der Waals surface area (Å²) in [5, 5.41) is 4.45. The Bertz CT molecular complexity index is 508. The summed E-state index contributed by atoms with van der Waals surface area (Å²) in [6, 6.07) is 8.73. The van der Waals surface area contributed by atoms with Gasteiger partial charge in [-0.2, -0.15) is 0 Å². The van der Waals surface area contributed by atoms with E-state index < -0.39 is 0 Å². The molecule has 4 heteroatoms. The number of aromatic nitrogens is 1. The summed E-state index contributed by atoms with van der Waals surface area (Å²) in [6.45, 7) is 3.80. The molecule has 1 heterocycles. The molecule has 0 amide bonds. The first-order chi connectivity index (χ1) is 9.35. The lowest BCUT2D eigenvalue weighted by molar-refractivity contribution is 0.0670. The highest BCUT2D eigenvalue weighted by atomic mass is 16.5. The van der Waals surface area contributed by atoms with Gasteiger partial charge in [0.2, 0.25) is 0 Å². The quantitative estimate of drug-likeness (QED) is 0.739. The summed E-state index contributed by atoms with van der Waals surface area (Å²) >= 11 is 0. The molecule has 0 atom stereocenters. The maximum Gasteiger partial charge on any atom is 0.0701 e. The second-order valence-corrected chi connectivity index (χ2v) is 4.54. The van der Waals surface area contributed by atoms with E-state index >= 15 is 0 Å². The first-order valence-corrected chi connectivity index (χ1v) is 6.64. The van der Waals surface area contributed by atoms with Crippen LogP contribution in [0.2, 0.25) is 0 Å². The van der Waals surface area contributed by atoms with Crippen molar-refractivity contribution in [1.29, 1.82) is 0 Å². The number of hydrogen-bond acceptors (Lipinski definition) is 3. The molecule has 0 saturated carbocycles. The molecule has 0 saturated heterocycles. The van der Waals surface area contributed by atoms with Crippen molar-refractivity contribution in [1.82, 2.24) is 9.88 Å². The van der Waals surface area contributed by atoms with Crippen LogP contribution in [0.15, 0.2) is 30.5 Å². The summed E-state index contributed by atoms with van der Waals surface area (Å²) in [5.74, 6) is 0. The molecule has 104 valence electrons. The van der Waals surface area contributed by atoms with E-state index in [1.807, 2.05) is 7.05 Å². The van der Waals surface area contributed by atoms with Crippen LogP contribution in [0.1, 0.15) is 5.56 Å². The molecule has 2 aromatic rings. The monoisotopic (exact) mass is 262 g/mol. The Labute approximate surface area is 114 Å². The molecule has 2 rings (SSSR count). The van der Waals surface area contributed by atoms with Crippen LogP contribution in [-0.2, 0) is 22.6 Å². The fourth-order valence-electron chi connectivity index (χ4n) is 2.17. The summed E-state index contributed by atoms with van der Waals surface area (Å²) in [5.41, 5.74) is 2.57. The van der Waals surface area contributed by atoms with Gasteiger partial charge in [0.05, 0.1) is 19.8 Å². The summed E-state index contributed by atoms with van der Waals surface area (Å²) < 4.78 is 12.7. The second kappa shape index (κ2) is 7.28. The molecule has 0 radical (unpaired) electrons. The second-order valence-electron chi connectivity index (χ2n) is 4.54. The van der Waals surface area contributed by atoms with Gasteiger partial charge in [0, 0.05) is 31.9 Å². The molecule has 1 aromatic carbocycles. The Kier molecular flexibility index (Phi) is 5.39. The molecule has 4 nitrogen and oxygen atoms in total. The van der Waals surface area contributed by atoms with Crippen molar-refractivity contribution in [2.75, 3.05) is 34.0 Å². The van der Waals surface area contributed by atoms with Crippen LogP contribution in [0.3, 0.4) is 0 Å². The third-order valence-corrected chi connectivity index (χ3v) is 3.12. The highest BCUT2D eigenvalue weighted by Gasteiger charge is 2.02. The van der Waals surface area contributed by atoms with E-state index in [1.165, 1.54) is 16.5 Å². The first-order valence-electron chi connectivity index (χ1n) is 6.64. The Hall–Kier alpha value is -1.36. The fourth-order valence-corrected chi connectivity index (χ4v) is 2.17. The number of nitrogens with zero attached hydrogens (tertiary/aromatic N) is 1. The van der Waals surface area contributed by atoms with E-state index in [-0.39, 0.29) is 0 Å². The smallest absolute Gasteiger partial charge is 0.0701 e. The normalized spacial score (nSPS) is 11.3. The van der Waals surface area contributed by atoms with Gasteiger partial charge in [-0.25, -0.2) is 0 Å². The van der Waals surface area contributed by atoms with Gasteiger partial charge in [0.1, 0.15) is 0 Å². The minimum absolute atomic E-state index is 0.653. The maximum absolute atomic E-state index is 5.50. The minimum atomic E-state index is 0.653. The zero-order valence-corrected chi connectivity index (χ0v) is 11.7. The van der Waals surface area contributed by atoms with Crippen molar-refractivity contribution in [2.24, 2.45) is 0 Å². The number of hydrogen-bond donors (Lipinski definition) is 1. The average Bonchev–Trinajstić information content (AvgIpc) is 2.82. The van der Waals surface area contributed by atoms with Crippen molar-refractivity contribution in [3.8, 4) is 0 Å². The third kappa shape index (κ3) is 3.80. The van der Waals surface area contributed by atoms with Gasteiger partial charge >= 0.3 is 0 Å². The van der Waals surface area contributed by atoms with Gasteiger partial charge in [-0.15, -0.1) is 0 Å². The molecule has 0 aliphatic rings. The molecule has 0 aliphatic heterocycles. The van der Waals surface area contributed by atoms with Crippen LogP contribution in [-0.4, -0.2) is 38.5 Å². The molecular formula is C15H22N2O2. The van der Waals surface area contributed by atoms with E-state index in [0.29, 0.717) is 19.8 Å². The van der Waals surface area contributed by atoms with E-state index in [1.54, 1.807) is 7.11 Å². The molecule has 0 spiro atoms. The van der Waals surface area contributed by atoms with Gasteiger partial charge in [0.25, 0.3) is 0 Å². The van der Waals surface area contributed by atoms with Gasteiger partial charge in [0.15, 0.2) is 0 Å². The van der Waals surface area contributed by atoms with Crippen molar-refractivity contribution in [2.45, 2.75) is 13.1 Å². The minimum Gasteiger partial charge on any atom is -0.382 e. The van der Waals surface area contributed by atoms with E-state index in [2.05, 4.69) is 40.3 Å². The highest BCUT2D eigenvalue weighted by molar-refractivity contribution is 5.80. The molecule has 1 aromatic heterocycles.